The number of nitriles is 1. The van der Waals surface area contributed by atoms with Gasteiger partial charge in [0.2, 0.25) is 11.8 Å². The molecule has 1 aliphatic rings. The lowest BCUT2D eigenvalue weighted by Crippen LogP contribution is -2.64. The Kier molecular flexibility index (Phi) is 5.98. The van der Waals surface area contributed by atoms with Crippen molar-refractivity contribution < 1.29 is 18.6 Å². The van der Waals surface area contributed by atoms with Gasteiger partial charge in [-0.25, -0.2) is 23.7 Å². The fourth-order valence-corrected chi connectivity index (χ4v) is 3.13. The lowest BCUT2D eigenvalue weighted by Gasteiger charge is -2.57. The minimum atomic E-state index is -2.62. The number of halogens is 2. The summed E-state index contributed by atoms with van der Waals surface area (Å²) in [6, 6.07) is 1.98. The molecule has 0 spiro atoms. The van der Waals surface area contributed by atoms with Crippen LogP contribution in [-0.4, -0.2) is 49.7 Å². The third-order valence-electron chi connectivity index (χ3n) is 5.61. The molecule has 0 aromatic carbocycles. The molecule has 0 aliphatic heterocycles. The van der Waals surface area contributed by atoms with Crippen LogP contribution in [-0.2, 0) is 6.54 Å². The maximum Gasteiger partial charge on any atom is 0.272 e. The van der Waals surface area contributed by atoms with E-state index in [0.717, 1.165) is 0 Å². The van der Waals surface area contributed by atoms with Crippen molar-refractivity contribution in [1.82, 2.24) is 19.9 Å². The highest BCUT2D eigenvalue weighted by Crippen LogP contribution is 2.50. The first-order chi connectivity index (χ1) is 14.1. The third kappa shape index (κ3) is 4.38. The summed E-state index contributed by atoms with van der Waals surface area (Å²) in [6.45, 7) is 5.02. The van der Waals surface area contributed by atoms with Crippen LogP contribution in [0.4, 0.5) is 20.5 Å². The fourth-order valence-electron chi connectivity index (χ4n) is 3.13. The molecule has 0 saturated heterocycles. The Balaban J connectivity index is 1.72. The van der Waals surface area contributed by atoms with Crippen LogP contribution in [0.15, 0.2) is 18.7 Å². The van der Waals surface area contributed by atoms with Gasteiger partial charge in [0.1, 0.15) is 23.8 Å². The lowest BCUT2D eigenvalue weighted by atomic mass is 9.56. The minimum Gasteiger partial charge on any atom is -0.471 e. The van der Waals surface area contributed by atoms with Gasteiger partial charge in [-0.2, -0.15) is 10.2 Å². The van der Waals surface area contributed by atoms with Crippen LogP contribution in [0.3, 0.4) is 0 Å². The van der Waals surface area contributed by atoms with E-state index in [9.17, 15) is 19.1 Å². The van der Waals surface area contributed by atoms with E-state index in [4.69, 9.17) is 4.74 Å². The third-order valence-corrected chi connectivity index (χ3v) is 5.61. The first kappa shape index (κ1) is 21.6. The number of alkyl halides is 2. The Morgan fingerprint density at radius 3 is 2.73 bits per heavy atom. The van der Waals surface area contributed by atoms with Crippen molar-refractivity contribution in [2.45, 2.75) is 51.8 Å². The summed E-state index contributed by atoms with van der Waals surface area (Å²) in [7, 11) is 0. The molecule has 2 aromatic heterocycles. The van der Waals surface area contributed by atoms with Crippen molar-refractivity contribution in [1.29, 1.82) is 5.26 Å². The van der Waals surface area contributed by atoms with E-state index in [0.29, 0.717) is 17.8 Å². The number of nitrogens with zero attached hydrogens (tertiary/aromatic N) is 5. The maximum absolute atomic E-state index is 12.4. The van der Waals surface area contributed by atoms with Gasteiger partial charge in [-0.3, -0.25) is 0 Å². The molecule has 1 aliphatic carbocycles. The van der Waals surface area contributed by atoms with E-state index >= 15 is 0 Å². The molecule has 9 nitrogen and oxygen atoms in total. The van der Waals surface area contributed by atoms with Crippen LogP contribution in [0.2, 0.25) is 0 Å². The van der Waals surface area contributed by atoms with Crippen molar-refractivity contribution in [3.63, 3.8) is 0 Å². The topological polar surface area (TPSA) is 129 Å². The average Bonchev–Trinajstić information content (AvgIpc) is 2.70. The molecular weight excluding hydrogens is 396 g/mol. The first-order valence-corrected chi connectivity index (χ1v) is 9.34. The normalized spacial score (nSPS) is 22.1. The number of ether oxygens (including phenoxy) is 1. The summed E-state index contributed by atoms with van der Waals surface area (Å²) in [5, 5.41) is 25.9. The predicted molar refractivity (Wildman–Crippen MR) is 104 cm³/mol. The Labute approximate surface area is 172 Å². The monoisotopic (exact) mass is 419 g/mol. The molecule has 2 aromatic rings. The number of nitrogens with one attached hydrogen (secondary N) is 2. The van der Waals surface area contributed by atoms with E-state index in [1.165, 1.54) is 18.7 Å². The molecule has 160 valence electrons. The second-order valence-corrected chi connectivity index (χ2v) is 7.87. The molecule has 30 heavy (non-hydrogen) atoms. The van der Waals surface area contributed by atoms with Crippen molar-refractivity contribution in [2.75, 3.05) is 17.2 Å². The standard InChI is InChI=1S/C19H23F2N7O2/c1-18(2)13(4-19(18,3)29)27-15-11(5-22)7-24-17(28-15)25-8-12-6-23-10-26-16(12)30-9-14(20)21/h6-7,10,13-14,29H,4,8-9H2,1-3H3,(H2,24,25,27,28)/t13-,19+/m1/s1. The van der Waals surface area contributed by atoms with Crippen LogP contribution >= 0.6 is 0 Å². The number of rotatable bonds is 8. The average molecular weight is 419 g/mol. The molecule has 0 unspecified atom stereocenters. The Hall–Kier alpha value is -3.13. The van der Waals surface area contributed by atoms with Gasteiger partial charge in [0, 0.05) is 24.2 Å². The van der Waals surface area contributed by atoms with Gasteiger partial charge >= 0.3 is 0 Å². The Bertz CT molecular complexity index is 947. The number of anilines is 2. The number of aliphatic hydroxyl groups is 1. The van der Waals surface area contributed by atoms with Gasteiger partial charge in [0.25, 0.3) is 6.43 Å². The van der Waals surface area contributed by atoms with Crippen molar-refractivity contribution in [3.05, 3.63) is 29.8 Å². The smallest absolute Gasteiger partial charge is 0.272 e. The zero-order valence-electron chi connectivity index (χ0n) is 16.9. The highest BCUT2D eigenvalue weighted by molar-refractivity contribution is 5.55. The quantitative estimate of drug-likeness (QED) is 0.590. The molecular formula is C19H23F2N7O2. The van der Waals surface area contributed by atoms with Crippen LogP contribution in [0, 0.1) is 16.7 Å². The second kappa shape index (κ2) is 8.31. The molecule has 2 atom stereocenters. The summed E-state index contributed by atoms with van der Waals surface area (Å²) in [6.07, 6.45) is 1.94. The summed E-state index contributed by atoms with van der Waals surface area (Å²) in [4.78, 5) is 16.2. The first-order valence-electron chi connectivity index (χ1n) is 9.34. The molecule has 0 radical (unpaired) electrons. The molecule has 3 rings (SSSR count). The molecule has 0 amide bonds. The van der Waals surface area contributed by atoms with Gasteiger partial charge in [0.15, 0.2) is 6.61 Å². The zero-order valence-corrected chi connectivity index (χ0v) is 16.9. The van der Waals surface area contributed by atoms with E-state index in [2.05, 4.69) is 30.6 Å². The highest BCUT2D eigenvalue weighted by Gasteiger charge is 2.56. The number of hydrogen-bond donors (Lipinski definition) is 3. The molecule has 2 heterocycles. The SMILES string of the molecule is CC1(C)[C@H](Nc2nc(NCc3cncnc3OCC(F)F)ncc2C#N)C[C@]1(C)O. The van der Waals surface area contributed by atoms with Gasteiger partial charge in [0.05, 0.1) is 17.4 Å². The van der Waals surface area contributed by atoms with Crippen molar-refractivity contribution in [2.24, 2.45) is 5.41 Å². The predicted octanol–water partition coefficient (Wildman–Crippen LogP) is 2.36. The lowest BCUT2D eigenvalue weighted by molar-refractivity contribution is -0.142. The van der Waals surface area contributed by atoms with E-state index in [-0.39, 0.29) is 30.0 Å². The van der Waals surface area contributed by atoms with Gasteiger partial charge < -0.3 is 20.5 Å². The fraction of sp³-hybridized carbons (Fsp3) is 0.526. The zero-order chi connectivity index (χ0) is 21.9. The van der Waals surface area contributed by atoms with Crippen LogP contribution in [0.5, 0.6) is 5.88 Å². The van der Waals surface area contributed by atoms with E-state index in [1.54, 1.807) is 6.92 Å². The summed E-state index contributed by atoms with van der Waals surface area (Å²) in [5.74, 6) is 0.620. The Morgan fingerprint density at radius 1 is 1.33 bits per heavy atom. The largest absolute Gasteiger partial charge is 0.471 e. The molecule has 0 bridgehead atoms. The maximum atomic E-state index is 12.4. The molecule has 1 fully saturated rings. The van der Waals surface area contributed by atoms with E-state index in [1.807, 2.05) is 19.9 Å². The van der Waals surface area contributed by atoms with Gasteiger partial charge in [-0.05, 0) is 13.3 Å². The van der Waals surface area contributed by atoms with Crippen molar-refractivity contribution in [3.8, 4) is 11.9 Å². The number of hydrogen-bond acceptors (Lipinski definition) is 9. The van der Waals surface area contributed by atoms with Crippen LogP contribution in [0.1, 0.15) is 38.3 Å². The summed E-state index contributed by atoms with van der Waals surface area (Å²) < 4.78 is 29.8. The van der Waals surface area contributed by atoms with Crippen molar-refractivity contribution >= 4 is 11.8 Å². The van der Waals surface area contributed by atoms with Gasteiger partial charge in [-0.15, -0.1) is 0 Å². The van der Waals surface area contributed by atoms with Crippen LogP contribution < -0.4 is 15.4 Å². The minimum absolute atomic E-state index is 0.0447. The molecule has 3 N–H and O–H groups in total. The summed E-state index contributed by atoms with van der Waals surface area (Å²) >= 11 is 0. The highest BCUT2D eigenvalue weighted by atomic mass is 19.3. The molecule has 1 saturated carbocycles. The van der Waals surface area contributed by atoms with E-state index < -0.39 is 24.0 Å². The summed E-state index contributed by atoms with van der Waals surface area (Å²) in [5.41, 5.74) is -0.493. The molecule has 11 heteroatoms. The second-order valence-electron chi connectivity index (χ2n) is 7.87. The van der Waals surface area contributed by atoms with Crippen LogP contribution in [0.25, 0.3) is 0 Å². The van der Waals surface area contributed by atoms with Gasteiger partial charge in [-0.1, -0.05) is 13.8 Å². The Morgan fingerprint density at radius 2 is 2.10 bits per heavy atom. The number of aromatic nitrogens is 4.